The quantitative estimate of drug-likeness (QED) is 0.217. The molecule has 5 rings (SSSR count). The molecule has 4 aromatic rings. The number of piperidine rings is 1. The first-order valence-electron chi connectivity index (χ1n) is 12.6. The maximum Gasteiger partial charge on any atom is 0.272 e. The third-order valence-electron chi connectivity index (χ3n) is 6.81. The molecule has 0 bridgehead atoms. The highest BCUT2D eigenvalue weighted by atomic mass is 35.5. The van der Waals surface area contributed by atoms with E-state index in [-0.39, 0.29) is 17.4 Å². The SMILES string of the molecule is Cc1ccc(SCCNC(=O)[C@H]2CCCN(c3c(-c4ccccc4)c4cc(Cl)ccc4[nH]c3=O)C2)cc1. The number of hydrogen-bond donors (Lipinski definition) is 2. The first-order chi connectivity index (χ1) is 18.0. The van der Waals surface area contributed by atoms with Crippen molar-refractivity contribution in [3.8, 4) is 11.1 Å². The molecule has 1 aromatic heterocycles. The summed E-state index contributed by atoms with van der Waals surface area (Å²) >= 11 is 8.10. The average molecular weight is 532 g/mol. The Balaban J connectivity index is 1.35. The van der Waals surface area contributed by atoms with Crippen molar-refractivity contribution in [2.75, 3.05) is 30.3 Å². The number of anilines is 1. The highest BCUT2D eigenvalue weighted by Gasteiger charge is 2.29. The molecular formula is C30H30ClN3O2S. The molecule has 37 heavy (non-hydrogen) atoms. The average Bonchev–Trinajstić information content (AvgIpc) is 2.92. The lowest BCUT2D eigenvalue weighted by Gasteiger charge is -2.34. The number of nitrogens with one attached hydrogen (secondary N) is 2. The maximum atomic E-state index is 13.4. The topological polar surface area (TPSA) is 65.2 Å². The van der Waals surface area contributed by atoms with Crippen molar-refractivity contribution in [2.24, 2.45) is 5.92 Å². The minimum Gasteiger partial charge on any atom is -0.366 e. The first-order valence-corrected chi connectivity index (χ1v) is 14.0. The summed E-state index contributed by atoms with van der Waals surface area (Å²) in [6, 6.07) is 23.9. The molecule has 5 nitrogen and oxygen atoms in total. The number of carbonyl (C=O) groups excluding carboxylic acids is 1. The monoisotopic (exact) mass is 531 g/mol. The van der Waals surface area contributed by atoms with E-state index < -0.39 is 0 Å². The van der Waals surface area contributed by atoms with E-state index in [1.165, 1.54) is 10.5 Å². The van der Waals surface area contributed by atoms with Gasteiger partial charge >= 0.3 is 0 Å². The van der Waals surface area contributed by atoms with Gasteiger partial charge in [-0.2, -0.15) is 0 Å². The molecule has 1 aliphatic rings. The number of halogens is 1. The summed E-state index contributed by atoms with van der Waals surface area (Å²) in [4.78, 5) is 32.8. The van der Waals surface area contributed by atoms with Crippen LogP contribution >= 0.6 is 23.4 Å². The van der Waals surface area contributed by atoms with Crippen LogP contribution in [-0.2, 0) is 4.79 Å². The van der Waals surface area contributed by atoms with Crippen molar-refractivity contribution in [1.29, 1.82) is 0 Å². The number of fused-ring (bicyclic) bond motifs is 1. The highest BCUT2D eigenvalue weighted by Crippen LogP contribution is 2.37. The van der Waals surface area contributed by atoms with Crippen molar-refractivity contribution in [2.45, 2.75) is 24.7 Å². The molecule has 1 saturated heterocycles. The van der Waals surface area contributed by atoms with Gasteiger partial charge in [-0.15, -0.1) is 11.8 Å². The molecule has 0 saturated carbocycles. The minimum atomic E-state index is -0.170. The zero-order valence-corrected chi connectivity index (χ0v) is 22.4. The fourth-order valence-electron chi connectivity index (χ4n) is 4.97. The van der Waals surface area contributed by atoms with Crippen molar-refractivity contribution < 1.29 is 4.79 Å². The van der Waals surface area contributed by atoms with E-state index in [4.69, 9.17) is 11.6 Å². The second-order valence-corrected chi connectivity index (χ2v) is 11.1. The van der Waals surface area contributed by atoms with Crippen LogP contribution in [0.5, 0.6) is 0 Å². The van der Waals surface area contributed by atoms with E-state index in [0.717, 1.165) is 47.2 Å². The van der Waals surface area contributed by atoms with Crippen molar-refractivity contribution in [3.63, 3.8) is 0 Å². The van der Waals surface area contributed by atoms with Crippen LogP contribution in [0.2, 0.25) is 5.02 Å². The molecule has 7 heteroatoms. The van der Waals surface area contributed by atoms with Crippen LogP contribution in [0.4, 0.5) is 5.69 Å². The molecule has 1 fully saturated rings. The summed E-state index contributed by atoms with van der Waals surface area (Å²) in [5.74, 6) is 0.695. The number of benzene rings is 3. The van der Waals surface area contributed by atoms with E-state index in [0.29, 0.717) is 23.8 Å². The zero-order chi connectivity index (χ0) is 25.8. The van der Waals surface area contributed by atoms with Gasteiger partial charge in [0.1, 0.15) is 5.69 Å². The number of carbonyl (C=O) groups is 1. The number of thioether (sulfide) groups is 1. The minimum absolute atomic E-state index is 0.0516. The molecule has 2 N–H and O–H groups in total. The highest BCUT2D eigenvalue weighted by molar-refractivity contribution is 7.99. The number of hydrogen-bond acceptors (Lipinski definition) is 4. The van der Waals surface area contributed by atoms with Crippen LogP contribution in [0, 0.1) is 12.8 Å². The van der Waals surface area contributed by atoms with Crippen LogP contribution < -0.4 is 15.8 Å². The number of aromatic amines is 1. The molecule has 1 aliphatic heterocycles. The summed E-state index contributed by atoms with van der Waals surface area (Å²) in [7, 11) is 0. The van der Waals surface area contributed by atoms with Crippen LogP contribution in [0.3, 0.4) is 0 Å². The number of nitrogens with zero attached hydrogens (tertiary/aromatic N) is 1. The molecule has 3 aromatic carbocycles. The third-order valence-corrected chi connectivity index (χ3v) is 8.06. The Bertz CT molecular complexity index is 1450. The number of aromatic nitrogens is 1. The second-order valence-electron chi connectivity index (χ2n) is 9.47. The smallest absolute Gasteiger partial charge is 0.272 e. The second kappa shape index (κ2) is 11.4. The molecule has 190 valence electrons. The molecule has 1 atom stereocenters. The van der Waals surface area contributed by atoms with E-state index in [9.17, 15) is 9.59 Å². The molecule has 0 unspecified atom stereocenters. The summed E-state index contributed by atoms with van der Waals surface area (Å²) in [6.45, 7) is 3.91. The lowest BCUT2D eigenvalue weighted by atomic mass is 9.94. The van der Waals surface area contributed by atoms with E-state index >= 15 is 0 Å². The van der Waals surface area contributed by atoms with E-state index in [2.05, 4.69) is 46.4 Å². The normalized spacial score (nSPS) is 15.6. The van der Waals surface area contributed by atoms with Crippen LogP contribution in [-0.4, -0.2) is 36.3 Å². The lowest BCUT2D eigenvalue weighted by Crippen LogP contribution is -2.45. The summed E-state index contributed by atoms with van der Waals surface area (Å²) < 4.78 is 0. The number of amides is 1. The molecule has 0 radical (unpaired) electrons. The largest absolute Gasteiger partial charge is 0.366 e. The number of rotatable bonds is 7. The van der Waals surface area contributed by atoms with Gasteiger partial charge in [-0.3, -0.25) is 9.59 Å². The van der Waals surface area contributed by atoms with Crippen LogP contribution in [0.25, 0.3) is 22.0 Å². The van der Waals surface area contributed by atoms with Gasteiger partial charge in [-0.1, -0.05) is 59.6 Å². The maximum absolute atomic E-state index is 13.4. The predicted octanol–water partition coefficient (Wildman–Crippen LogP) is 6.28. The fourth-order valence-corrected chi connectivity index (χ4v) is 5.91. The summed E-state index contributed by atoms with van der Waals surface area (Å²) in [5, 5.41) is 4.62. The molecule has 0 aliphatic carbocycles. The van der Waals surface area contributed by atoms with Crippen molar-refractivity contribution >= 4 is 45.9 Å². The van der Waals surface area contributed by atoms with Gasteiger partial charge in [0.05, 0.1) is 5.92 Å². The van der Waals surface area contributed by atoms with Crippen LogP contribution in [0.15, 0.2) is 82.5 Å². The Morgan fingerprint density at radius 2 is 1.89 bits per heavy atom. The summed E-state index contributed by atoms with van der Waals surface area (Å²) in [6.07, 6.45) is 1.66. The fraction of sp³-hybridized carbons (Fsp3) is 0.267. The van der Waals surface area contributed by atoms with E-state index in [1.54, 1.807) is 17.8 Å². The summed E-state index contributed by atoms with van der Waals surface area (Å²) in [5.41, 5.74) is 4.25. The number of aryl methyl sites for hydroxylation is 1. The van der Waals surface area contributed by atoms with E-state index in [1.807, 2.05) is 42.5 Å². The van der Waals surface area contributed by atoms with Gasteiger partial charge in [-0.05, 0) is 55.7 Å². The van der Waals surface area contributed by atoms with Gasteiger partial charge in [0.2, 0.25) is 5.91 Å². The standard InChI is InChI=1S/C30H30ClN3O2S/c1-20-9-12-24(13-10-20)37-17-15-32-29(35)22-8-5-16-34(19-22)28-27(21-6-3-2-4-7-21)25-18-23(31)11-14-26(25)33-30(28)36/h2-4,6-7,9-14,18,22H,5,8,15-17,19H2,1H3,(H,32,35)(H,33,36)/t22-/m0/s1. The zero-order valence-electron chi connectivity index (χ0n) is 20.8. The Kier molecular flexibility index (Phi) is 7.87. The van der Waals surface area contributed by atoms with Gasteiger partial charge in [0.15, 0.2) is 0 Å². The third kappa shape index (κ3) is 5.86. The van der Waals surface area contributed by atoms with Gasteiger partial charge < -0.3 is 15.2 Å². The Labute approximate surface area is 226 Å². The first kappa shape index (κ1) is 25.4. The van der Waals surface area contributed by atoms with Gasteiger partial charge in [0.25, 0.3) is 5.56 Å². The lowest BCUT2D eigenvalue weighted by molar-refractivity contribution is -0.125. The number of H-pyrrole nitrogens is 1. The molecule has 0 spiro atoms. The Morgan fingerprint density at radius 1 is 1.11 bits per heavy atom. The molecule has 1 amide bonds. The van der Waals surface area contributed by atoms with Gasteiger partial charge in [0, 0.05) is 51.8 Å². The Hall–Kier alpha value is -3.22. The number of pyridine rings is 1. The predicted molar refractivity (Wildman–Crippen MR) is 155 cm³/mol. The van der Waals surface area contributed by atoms with Crippen LogP contribution in [0.1, 0.15) is 18.4 Å². The molecular weight excluding hydrogens is 502 g/mol. The molecule has 2 heterocycles. The Morgan fingerprint density at radius 3 is 2.68 bits per heavy atom. The van der Waals surface area contributed by atoms with Gasteiger partial charge in [-0.25, -0.2) is 0 Å². The van der Waals surface area contributed by atoms with Crippen molar-refractivity contribution in [3.05, 3.63) is 93.7 Å². The van der Waals surface area contributed by atoms with Crippen molar-refractivity contribution in [1.82, 2.24) is 10.3 Å².